The van der Waals surface area contributed by atoms with Crippen molar-refractivity contribution >= 4 is 23.4 Å². The number of carbonyl (C=O) groups excluding carboxylic acids is 2. The Kier molecular flexibility index (Phi) is 5.95. The second-order valence-corrected chi connectivity index (χ2v) is 6.96. The van der Waals surface area contributed by atoms with Crippen LogP contribution in [0, 0.1) is 27.2 Å². The maximum Gasteiger partial charge on any atom is 0.420 e. The Labute approximate surface area is 164 Å². The molecule has 0 fully saturated rings. The number of nitro groups is 2. The number of rotatable bonds is 5. The molecule has 0 radical (unpaired) electrons. The van der Waals surface area contributed by atoms with Crippen LogP contribution in [0.5, 0.6) is 0 Å². The smallest absolute Gasteiger partial charge is 0.420 e. The van der Waals surface area contributed by atoms with Crippen molar-refractivity contribution in [3.63, 3.8) is 0 Å². The molecule has 0 aliphatic carbocycles. The topological polar surface area (TPSA) is 157 Å². The number of aryl methyl sites for hydroxylation is 1. The normalized spacial score (nSPS) is 11.0. The summed E-state index contributed by atoms with van der Waals surface area (Å²) in [5.41, 5.74) is -1.75. The largest absolute Gasteiger partial charge is 0.456 e. The average Bonchev–Trinajstić information content (AvgIpc) is 2.98. The van der Waals surface area contributed by atoms with E-state index in [0.29, 0.717) is 5.69 Å². The zero-order valence-electron chi connectivity index (χ0n) is 16.1. The van der Waals surface area contributed by atoms with Gasteiger partial charge in [0.1, 0.15) is 18.5 Å². The molecule has 2 aromatic rings. The minimum Gasteiger partial charge on any atom is -0.456 e. The summed E-state index contributed by atoms with van der Waals surface area (Å²) >= 11 is 0. The lowest BCUT2D eigenvalue weighted by Gasteiger charge is -2.20. The van der Waals surface area contributed by atoms with Crippen LogP contribution in [0.2, 0.25) is 0 Å². The van der Waals surface area contributed by atoms with Gasteiger partial charge < -0.3 is 9.47 Å². The van der Waals surface area contributed by atoms with Crippen molar-refractivity contribution in [3.8, 4) is 0 Å². The monoisotopic (exact) mass is 406 g/mol. The third-order valence-electron chi connectivity index (χ3n) is 3.57. The van der Waals surface area contributed by atoms with E-state index in [1.807, 2.05) is 0 Å². The fraction of sp³-hybridized carbons (Fsp3) is 0.353. The summed E-state index contributed by atoms with van der Waals surface area (Å²) in [5.74, 6) is -1.03. The van der Waals surface area contributed by atoms with E-state index in [0.717, 1.165) is 22.8 Å². The molecule has 0 atom stereocenters. The summed E-state index contributed by atoms with van der Waals surface area (Å²) in [6, 6.07) is 2.47. The SMILES string of the molecule is Cc1ncn(C(=O)OC(C)(C)C)c1COC(=O)c1cc([N+](=O)[O-])cc([N+](=O)[O-])c1. The third-order valence-corrected chi connectivity index (χ3v) is 3.57. The minimum absolute atomic E-state index is 0.229. The number of nitrogens with zero attached hydrogens (tertiary/aromatic N) is 4. The molecular weight excluding hydrogens is 388 g/mol. The van der Waals surface area contributed by atoms with Crippen LogP contribution >= 0.6 is 0 Å². The van der Waals surface area contributed by atoms with Crippen molar-refractivity contribution in [3.05, 3.63) is 61.7 Å². The molecule has 2 rings (SSSR count). The number of non-ortho nitro benzene ring substituents is 2. The molecule has 0 bridgehead atoms. The number of esters is 1. The van der Waals surface area contributed by atoms with E-state index in [9.17, 15) is 29.8 Å². The van der Waals surface area contributed by atoms with E-state index >= 15 is 0 Å². The van der Waals surface area contributed by atoms with Crippen LogP contribution in [0.25, 0.3) is 0 Å². The van der Waals surface area contributed by atoms with Gasteiger partial charge in [-0.1, -0.05) is 0 Å². The first-order valence-electron chi connectivity index (χ1n) is 8.26. The van der Waals surface area contributed by atoms with Crippen molar-refractivity contribution in [2.45, 2.75) is 39.9 Å². The number of nitro benzene ring substituents is 2. The zero-order valence-corrected chi connectivity index (χ0v) is 16.1. The zero-order chi connectivity index (χ0) is 21.9. The Morgan fingerprint density at radius 2 is 1.66 bits per heavy atom. The molecule has 1 aromatic heterocycles. The van der Waals surface area contributed by atoms with Crippen LogP contribution < -0.4 is 0 Å². The maximum atomic E-state index is 12.3. The van der Waals surface area contributed by atoms with Crippen molar-refractivity contribution in [1.29, 1.82) is 0 Å². The van der Waals surface area contributed by atoms with Gasteiger partial charge in [0.05, 0.1) is 32.9 Å². The van der Waals surface area contributed by atoms with E-state index < -0.39 is 45.5 Å². The molecule has 0 saturated carbocycles. The summed E-state index contributed by atoms with van der Waals surface area (Å²) < 4.78 is 11.4. The van der Waals surface area contributed by atoms with Crippen molar-refractivity contribution in [2.24, 2.45) is 0 Å². The van der Waals surface area contributed by atoms with Crippen LogP contribution in [-0.2, 0) is 16.1 Å². The lowest BCUT2D eigenvalue weighted by molar-refractivity contribution is -0.394. The summed E-state index contributed by atoms with van der Waals surface area (Å²) in [6.45, 7) is 6.24. The molecule has 0 amide bonds. The Morgan fingerprint density at radius 1 is 1.10 bits per heavy atom. The minimum atomic E-state index is -1.03. The molecule has 0 spiro atoms. The maximum absolute atomic E-state index is 12.3. The standard InChI is InChI=1S/C17H18N4O8/c1-10-14(19(9-18-10)16(23)29-17(2,3)4)8-28-15(22)11-5-12(20(24)25)7-13(6-11)21(26)27/h5-7,9H,8H2,1-4H3. The Hall–Kier alpha value is -3.83. The second kappa shape index (κ2) is 8.04. The van der Waals surface area contributed by atoms with Gasteiger partial charge in [-0.05, 0) is 27.7 Å². The van der Waals surface area contributed by atoms with Gasteiger partial charge in [0.2, 0.25) is 0 Å². The van der Waals surface area contributed by atoms with Crippen LogP contribution in [0.1, 0.15) is 42.5 Å². The quantitative estimate of drug-likeness (QED) is 0.413. The first-order chi connectivity index (χ1) is 13.4. The van der Waals surface area contributed by atoms with Crippen molar-refractivity contribution in [2.75, 3.05) is 0 Å². The Morgan fingerprint density at radius 3 is 2.14 bits per heavy atom. The second-order valence-electron chi connectivity index (χ2n) is 6.96. The highest BCUT2D eigenvalue weighted by atomic mass is 16.6. The van der Waals surface area contributed by atoms with Crippen LogP contribution in [0.3, 0.4) is 0 Å². The molecule has 29 heavy (non-hydrogen) atoms. The average molecular weight is 406 g/mol. The van der Waals surface area contributed by atoms with E-state index in [1.54, 1.807) is 27.7 Å². The molecule has 0 N–H and O–H groups in total. The van der Waals surface area contributed by atoms with E-state index in [4.69, 9.17) is 9.47 Å². The van der Waals surface area contributed by atoms with Gasteiger partial charge in [0.15, 0.2) is 0 Å². The van der Waals surface area contributed by atoms with E-state index in [-0.39, 0.29) is 11.3 Å². The summed E-state index contributed by atoms with van der Waals surface area (Å²) in [4.78, 5) is 48.7. The van der Waals surface area contributed by atoms with Crippen LogP contribution in [0.15, 0.2) is 24.5 Å². The number of benzene rings is 1. The molecule has 0 saturated heterocycles. The van der Waals surface area contributed by atoms with Gasteiger partial charge in [-0.2, -0.15) is 0 Å². The Balaban J connectivity index is 2.24. The first kappa shape index (κ1) is 21.5. The number of hydrogen-bond donors (Lipinski definition) is 0. The van der Waals surface area contributed by atoms with Gasteiger partial charge in [0.25, 0.3) is 11.4 Å². The molecule has 1 aromatic carbocycles. The van der Waals surface area contributed by atoms with Gasteiger partial charge in [-0.25, -0.2) is 19.1 Å². The number of imidazole rings is 1. The summed E-state index contributed by atoms with van der Waals surface area (Å²) in [6.07, 6.45) is 0.486. The summed E-state index contributed by atoms with van der Waals surface area (Å²) in [7, 11) is 0. The first-order valence-corrected chi connectivity index (χ1v) is 8.26. The molecule has 12 nitrogen and oxygen atoms in total. The summed E-state index contributed by atoms with van der Waals surface area (Å²) in [5, 5.41) is 21.9. The molecule has 1 heterocycles. The molecule has 12 heteroatoms. The highest BCUT2D eigenvalue weighted by Crippen LogP contribution is 2.23. The van der Waals surface area contributed by atoms with Gasteiger partial charge in [0, 0.05) is 12.1 Å². The van der Waals surface area contributed by atoms with Gasteiger partial charge in [-0.3, -0.25) is 20.2 Å². The number of carbonyl (C=O) groups is 2. The molecule has 0 aliphatic heterocycles. The Bertz CT molecular complexity index is 958. The van der Waals surface area contributed by atoms with Gasteiger partial charge in [-0.15, -0.1) is 0 Å². The van der Waals surface area contributed by atoms with Gasteiger partial charge >= 0.3 is 12.1 Å². The lowest BCUT2D eigenvalue weighted by Crippen LogP contribution is -2.28. The predicted octanol–water partition coefficient (Wildman–Crippen LogP) is 3.15. The van der Waals surface area contributed by atoms with Crippen LogP contribution in [0.4, 0.5) is 16.2 Å². The number of ether oxygens (including phenoxy) is 2. The fourth-order valence-corrected chi connectivity index (χ4v) is 2.25. The molecule has 154 valence electrons. The van der Waals surface area contributed by atoms with Crippen LogP contribution in [-0.4, -0.2) is 37.1 Å². The molecular formula is C17H18N4O8. The number of hydrogen-bond acceptors (Lipinski definition) is 9. The van der Waals surface area contributed by atoms with Crippen molar-refractivity contribution < 1.29 is 28.9 Å². The highest BCUT2D eigenvalue weighted by Gasteiger charge is 2.24. The third kappa shape index (κ3) is 5.34. The van der Waals surface area contributed by atoms with E-state index in [1.165, 1.54) is 6.33 Å². The number of aromatic nitrogens is 2. The fourth-order valence-electron chi connectivity index (χ4n) is 2.25. The lowest BCUT2D eigenvalue weighted by atomic mass is 10.2. The molecule has 0 unspecified atom stereocenters. The van der Waals surface area contributed by atoms with E-state index in [2.05, 4.69) is 4.98 Å². The highest BCUT2D eigenvalue weighted by molar-refractivity contribution is 5.91. The molecule has 0 aliphatic rings. The van der Waals surface area contributed by atoms with Crippen molar-refractivity contribution in [1.82, 2.24) is 9.55 Å². The predicted molar refractivity (Wildman–Crippen MR) is 97.5 cm³/mol.